The molecule has 166 valence electrons. The fraction of sp³-hybridized carbons (Fsp3) is 0.429. The maximum absolute atomic E-state index is 11.5. The van der Waals surface area contributed by atoms with Crippen molar-refractivity contribution < 1.29 is 28.1 Å². The lowest BCUT2D eigenvalue weighted by molar-refractivity contribution is 0.135. The van der Waals surface area contributed by atoms with E-state index in [1.165, 1.54) is 12.1 Å². The van der Waals surface area contributed by atoms with Gasteiger partial charge in [-0.2, -0.15) is 0 Å². The maximum Gasteiger partial charge on any atom is 0.229 e. The standard InChI is InChI=1S/C21H30N2O6S/c1-5-28-17-9-15(10-18(12-17)29-6-2)13-22-14(3)21(25)16-7-8-20(24)19(11-16)23-30(4,26)27/h7-12,14,21-25H,5-6,13H2,1-4H3/t14-,21-/m0/s1. The fourth-order valence-electron chi connectivity index (χ4n) is 2.93. The molecule has 0 saturated carbocycles. The first-order valence-electron chi connectivity index (χ1n) is 9.74. The summed E-state index contributed by atoms with van der Waals surface area (Å²) in [5, 5.41) is 23.8. The van der Waals surface area contributed by atoms with Crippen molar-refractivity contribution in [2.75, 3.05) is 24.2 Å². The van der Waals surface area contributed by atoms with Crippen molar-refractivity contribution in [2.24, 2.45) is 0 Å². The predicted molar refractivity (Wildman–Crippen MR) is 117 cm³/mol. The van der Waals surface area contributed by atoms with Gasteiger partial charge in [0, 0.05) is 18.7 Å². The quantitative estimate of drug-likeness (QED) is 0.399. The average molecular weight is 439 g/mol. The van der Waals surface area contributed by atoms with E-state index in [-0.39, 0.29) is 17.5 Å². The largest absolute Gasteiger partial charge is 0.506 e. The molecule has 0 bridgehead atoms. The molecule has 0 aromatic heterocycles. The SMILES string of the molecule is CCOc1cc(CN[C@@H](C)[C@H](O)c2ccc(O)c(NS(C)(=O)=O)c2)cc(OCC)c1. The third-order valence-corrected chi connectivity index (χ3v) is 4.91. The Labute approximate surface area is 177 Å². The summed E-state index contributed by atoms with van der Waals surface area (Å²) in [5.74, 6) is 1.21. The number of aliphatic hydroxyl groups excluding tert-OH is 1. The molecule has 0 spiro atoms. The Kier molecular flexibility index (Phi) is 8.33. The molecule has 0 aliphatic rings. The van der Waals surface area contributed by atoms with Gasteiger partial charge in [-0.05, 0) is 56.2 Å². The van der Waals surface area contributed by atoms with Crippen molar-refractivity contribution in [3.8, 4) is 17.2 Å². The van der Waals surface area contributed by atoms with Crippen molar-refractivity contribution >= 4 is 15.7 Å². The molecule has 0 amide bonds. The highest BCUT2D eigenvalue weighted by Gasteiger charge is 2.18. The van der Waals surface area contributed by atoms with Crippen LogP contribution in [-0.4, -0.2) is 44.1 Å². The zero-order valence-electron chi connectivity index (χ0n) is 17.7. The van der Waals surface area contributed by atoms with Gasteiger partial charge in [-0.1, -0.05) is 6.07 Å². The van der Waals surface area contributed by atoms with Crippen LogP contribution in [0.4, 0.5) is 5.69 Å². The van der Waals surface area contributed by atoms with E-state index in [0.29, 0.717) is 36.8 Å². The van der Waals surface area contributed by atoms with Crippen LogP contribution in [0.3, 0.4) is 0 Å². The second-order valence-corrected chi connectivity index (χ2v) is 8.69. The van der Waals surface area contributed by atoms with E-state index >= 15 is 0 Å². The lowest BCUT2D eigenvalue weighted by Crippen LogP contribution is -2.31. The second kappa shape index (κ2) is 10.5. The molecule has 0 saturated heterocycles. The van der Waals surface area contributed by atoms with Crippen LogP contribution in [-0.2, 0) is 16.6 Å². The lowest BCUT2D eigenvalue weighted by atomic mass is 10.0. The number of nitrogens with one attached hydrogen (secondary N) is 2. The van der Waals surface area contributed by atoms with E-state index in [2.05, 4.69) is 10.0 Å². The fourth-order valence-corrected chi connectivity index (χ4v) is 3.49. The first-order chi connectivity index (χ1) is 14.1. The second-order valence-electron chi connectivity index (χ2n) is 6.94. The third kappa shape index (κ3) is 7.08. The van der Waals surface area contributed by atoms with E-state index in [4.69, 9.17) is 9.47 Å². The highest BCUT2D eigenvalue weighted by atomic mass is 32.2. The molecule has 4 N–H and O–H groups in total. The predicted octanol–water partition coefficient (Wildman–Crippen LogP) is 2.77. The molecule has 8 nitrogen and oxygen atoms in total. The van der Waals surface area contributed by atoms with Crippen LogP contribution in [0.15, 0.2) is 36.4 Å². The Morgan fingerprint density at radius 1 is 1.03 bits per heavy atom. The van der Waals surface area contributed by atoms with E-state index in [1.54, 1.807) is 6.07 Å². The Hall–Kier alpha value is -2.49. The van der Waals surface area contributed by atoms with Crippen molar-refractivity contribution in [1.29, 1.82) is 0 Å². The molecule has 0 unspecified atom stereocenters. The highest BCUT2D eigenvalue weighted by Crippen LogP contribution is 2.29. The number of aromatic hydroxyl groups is 1. The summed E-state index contributed by atoms with van der Waals surface area (Å²) in [6, 6.07) is 9.61. The van der Waals surface area contributed by atoms with Gasteiger partial charge in [0.05, 0.1) is 31.3 Å². The molecule has 0 radical (unpaired) electrons. The topological polar surface area (TPSA) is 117 Å². The van der Waals surface area contributed by atoms with Gasteiger partial charge < -0.3 is 25.0 Å². The Morgan fingerprint density at radius 2 is 1.63 bits per heavy atom. The van der Waals surface area contributed by atoms with Crippen LogP contribution in [0, 0.1) is 0 Å². The first kappa shape index (κ1) is 23.8. The Bertz CT molecular complexity index is 924. The van der Waals surface area contributed by atoms with Gasteiger partial charge in [-0.25, -0.2) is 8.42 Å². The minimum absolute atomic E-state index is 0.0204. The molecule has 2 atom stereocenters. The minimum atomic E-state index is -3.56. The number of hydrogen-bond acceptors (Lipinski definition) is 7. The lowest BCUT2D eigenvalue weighted by Gasteiger charge is -2.22. The van der Waals surface area contributed by atoms with E-state index in [1.807, 2.05) is 39.0 Å². The molecule has 0 aliphatic heterocycles. The maximum atomic E-state index is 11.5. The van der Waals surface area contributed by atoms with Crippen molar-refractivity contribution in [3.63, 3.8) is 0 Å². The molecular weight excluding hydrogens is 408 g/mol. The highest BCUT2D eigenvalue weighted by molar-refractivity contribution is 7.92. The molecule has 9 heteroatoms. The van der Waals surface area contributed by atoms with Crippen LogP contribution in [0.5, 0.6) is 17.2 Å². The van der Waals surface area contributed by atoms with Gasteiger partial charge >= 0.3 is 0 Å². The summed E-state index contributed by atoms with van der Waals surface area (Å²) in [6.45, 7) is 7.19. The normalized spacial score (nSPS) is 13.5. The summed E-state index contributed by atoms with van der Waals surface area (Å²) in [5.41, 5.74) is 1.43. The van der Waals surface area contributed by atoms with Crippen LogP contribution >= 0.6 is 0 Å². The average Bonchev–Trinajstić information content (AvgIpc) is 2.66. The van der Waals surface area contributed by atoms with Crippen LogP contribution in [0.25, 0.3) is 0 Å². The molecule has 0 heterocycles. The first-order valence-corrected chi connectivity index (χ1v) is 11.6. The van der Waals surface area contributed by atoms with Gasteiger partial charge in [-0.15, -0.1) is 0 Å². The molecular formula is C21H30N2O6S. The van der Waals surface area contributed by atoms with Gasteiger partial charge in [0.15, 0.2) is 0 Å². The Balaban J connectivity index is 2.11. The summed E-state index contributed by atoms with van der Waals surface area (Å²) >= 11 is 0. The molecule has 0 aliphatic carbocycles. The number of phenolic OH excluding ortho intramolecular Hbond substituents is 1. The summed E-state index contributed by atoms with van der Waals surface area (Å²) in [4.78, 5) is 0. The minimum Gasteiger partial charge on any atom is -0.506 e. The van der Waals surface area contributed by atoms with Crippen molar-refractivity contribution in [2.45, 2.75) is 39.5 Å². The van der Waals surface area contributed by atoms with E-state index < -0.39 is 16.1 Å². The van der Waals surface area contributed by atoms with Gasteiger partial charge in [-0.3, -0.25) is 4.72 Å². The van der Waals surface area contributed by atoms with E-state index in [0.717, 1.165) is 11.8 Å². The third-order valence-electron chi connectivity index (χ3n) is 4.32. The smallest absolute Gasteiger partial charge is 0.229 e. The number of ether oxygens (including phenoxy) is 2. The number of aliphatic hydroxyl groups is 1. The van der Waals surface area contributed by atoms with Gasteiger partial charge in [0.1, 0.15) is 17.2 Å². The molecule has 2 aromatic carbocycles. The number of sulfonamides is 1. The van der Waals surface area contributed by atoms with Crippen LogP contribution < -0.4 is 19.5 Å². The summed E-state index contributed by atoms with van der Waals surface area (Å²) < 4.78 is 36.3. The number of anilines is 1. The summed E-state index contributed by atoms with van der Waals surface area (Å²) in [6.07, 6.45) is 0.0687. The summed E-state index contributed by atoms with van der Waals surface area (Å²) in [7, 11) is -3.56. The zero-order valence-corrected chi connectivity index (χ0v) is 18.5. The van der Waals surface area contributed by atoms with Crippen LogP contribution in [0.2, 0.25) is 0 Å². The number of rotatable bonds is 11. The molecule has 2 aromatic rings. The number of benzene rings is 2. The molecule has 0 fully saturated rings. The van der Waals surface area contributed by atoms with Crippen molar-refractivity contribution in [3.05, 3.63) is 47.5 Å². The zero-order chi connectivity index (χ0) is 22.3. The molecule has 30 heavy (non-hydrogen) atoms. The van der Waals surface area contributed by atoms with Crippen molar-refractivity contribution in [1.82, 2.24) is 5.32 Å². The van der Waals surface area contributed by atoms with E-state index in [9.17, 15) is 18.6 Å². The van der Waals surface area contributed by atoms with Crippen LogP contribution in [0.1, 0.15) is 38.0 Å². The number of hydrogen-bond donors (Lipinski definition) is 4. The van der Waals surface area contributed by atoms with Gasteiger partial charge in [0.25, 0.3) is 0 Å². The van der Waals surface area contributed by atoms with Gasteiger partial charge in [0.2, 0.25) is 10.0 Å². The number of phenols is 1. The Morgan fingerprint density at radius 3 is 2.17 bits per heavy atom. The molecule has 2 rings (SSSR count). The monoisotopic (exact) mass is 438 g/mol.